The molecule has 8 heteroatoms. The molecule has 0 aromatic heterocycles. The molecule has 1 amide bonds. The van der Waals surface area contributed by atoms with Gasteiger partial charge in [0.25, 0.3) is 5.97 Å². The second-order valence-corrected chi connectivity index (χ2v) is 9.61. The van der Waals surface area contributed by atoms with Gasteiger partial charge < -0.3 is 9.84 Å². The molecule has 6 nitrogen and oxygen atoms in total. The molecule has 4 rings (SSSR count). The fourth-order valence-electron chi connectivity index (χ4n) is 3.06. The number of nitrogens with zero attached hydrogens (tertiary/aromatic N) is 1. The van der Waals surface area contributed by atoms with Gasteiger partial charge in [-0.2, -0.15) is 0 Å². The van der Waals surface area contributed by atoms with E-state index in [9.17, 15) is 4.79 Å². The van der Waals surface area contributed by atoms with E-state index in [-0.39, 0.29) is 5.91 Å². The first-order chi connectivity index (χ1) is 16.3. The van der Waals surface area contributed by atoms with Gasteiger partial charge >= 0.3 is 139 Å². The molecule has 3 aromatic carbocycles. The fraction of sp³-hybridized carbons (Fsp3) is 0.115. The van der Waals surface area contributed by atoms with Gasteiger partial charge in [-0.25, -0.2) is 0 Å². The van der Waals surface area contributed by atoms with Crippen LogP contribution in [0.25, 0.3) is 17.2 Å². The standard InChI is InChI=1S/C24H19N2O2S.C2H4O2.Na/c1-2-28-21-14-12-19(13-15-21)18-10-8-17(9-11-18)16-22-23(27)26-24(29-22)25-20-6-4-3-5-7-20;1-2(3)4;/h4-16H,2H2,1H3,(H,25,26,27);1H3,(H,3,4);. The number of amidine groups is 1. The minimum absolute atomic E-state index is 0.211. The SMILES string of the molecule is CC(=O)O.CCOc1ccc(-c2ccc(C=C3SC(Nc4cc[c]([Na])cc4)=NC3=O)cc2)cc1. The molecule has 0 spiro atoms. The Balaban J connectivity index is 0.000000751. The summed E-state index contributed by atoms with van der Waals surface area (Å²) in [6, 6.07) is 24.4. The van der Waals surface area contributed by atoms with Crippen LogP contribution in [0.2, 0.25) is 0 Å². The third-order valence-corrected chi connectivity index (χ3v) is 6.20. The smallest absolute Gasteiger partial charge is 0.0507 e. The van der Waals surface area contributed by atoms with E-state index in [1.54, 1.807) is 0 Å². The Morgan fingerprint density at radius 3 is 2.15 bits per heavy atom. The van der Waals surface area contributed by atoms with Crippen molar-refractivity contribution in [2.45, 2.75) is 13.8 Å². The first-order valence-corrected chi connectivity index (χ1v) is 12.5. The van der Waals surface area contributed by atoms with Crippen LogP contribution in [0.5, 0.6) is 5.75 Å². The Labute approximate surface area is 220 Å². The van der Waals surface area contributed by atoms with Crippen molar-refractivity contribution in [1.29, 1.82) is 0 Å². The van der Waals surface area contributed by atoms with Gasteiger partial charge in [-0.3, -0.25) is 4.79 Å². The van der Waals surface area contributed by atoms with Gasteiger partial charge in [-0.1, -0.05) is 12.1 Å². The summed E-state index contributed by atoms with van der Waals surface area (Å²) in [7, 11) is 0. The van der Waals surface area contributed by atoms with Gasteiger partial charge in [-0.15, -0.1) is 0 Å². The molecule has 0 bridgehead atoms. The van der Waals surface area contributed by atoms with Crippen LogP contribution in [-0.4, -0.2) is 56.7 Å². The molecule has 0 atom stereocenters. The molecule has 0 unspecified atom stereocenters. The first-order valence-electron chi connectivity index (χ1n) is 10.7. The number of anilines is 1. The topological polar surface area (TPSA) is 88.0 Å². The quantitative estimate of drug-likeness (QED) is 0.404. The molecule has 2 N–H and O–H groups in total. The zero-order chi connectivity index (χ0) is 24.5. The van der Waals surface area contributed by atoms with Gasteiger partial charge in [0, 0.05) is 6.92 Å². The van der Waals surface area contributed by atoms with Gasteiger partial charge in [-0.05, 0) is 30.2 Å². The number of aliphatic carboxylic acids is 1. The Bertz CT molecular complexity index is 1200. The molecule has 0 saturated heterocycles. The van der Waals surface area contributed by atoms with Crippen LogP contribution in [-0.2, 0) is 9.59 Å². The van der Waals surface area contributed by atoms with E-state index in [2.05, 4.69) is 34.6 Å². The van der Waals surface area contributed by atoms with Crippen molar-refractivity contribution >= 4 is 71.3 Å². The zero-order valence-corrected chi connectivity index (χ0v) is 22.1. The molecule has 0 saturated carbocycles. The number of carbonyl (C=O) groups excluding carboxylic acids is 1. The number of benzene rings is 3. The number of hydrogen-bond acceptors (Lipinski definition) is 5. The number of nitrogens with one attached hydrogen (secondary N) is 1. The van der Waals surface area contributed by atoms with Crippen LogP contribution in [0.4, 0.5) is 5.69 Å². The molecule has 34 heavy (non-hydrogen) atoms. The van der Waals surface area contributed by atoms with Crippen molar-refractivity contribution in [2.24, 2.45) is 4.99 Å². The molecule has 0 radical (unpaired) electrons. The van der Waals surface area contributed by atoms with Crippen molar-refractivity contribution in [1.82, 2.24) is 0 Å². The summed E-state index contributed by atoms with van der Waals surface area (Å²) in [6.45, 7) is 3.72. The molecule has 0 aliphatic carbocycles. The normalized spacial score (nSPS) is 13.7. The second-order valence-electron chi connectivity index (χ2n) is 7.42. The Morgan fingerprint density at radius 1 is 1.03 bits per heavy atom. The van der Waals surface area contributed by atoms with E-state index in [0.717, 1.165) is 63.0 Å². The number of aliphatic imine (C=N–C) groups is 1. The van der Waals surface area contributed by atoms with Crippen molar-refractivity contribution in [2.75, 3.05) is 11.9 Å². The monoisotopic (exact) mass is 482 g/mol. The summed E-state index contributed by atoms with van der Waals surface area (Å²) >= 11 is 2.39. The fourth-order valence-corrected chi connectivity index (χ4v) is 4.22. The Kier molecular flexibility index (Phi) is 9.53. The van der Waals surface area contributed by atoms with Gasteiger partial charge in [0.05, 0.1) is 6.61 Å². The summed E-state index contributed by atoms with van der Waals surface area (Å²) < 4.78 is 6.82. The summed E-state index contributed by atoms with van der Waals surface area (Å²) in [5.41, 5.74) is 4.15. The average molecular weight is 483 g/mol. The molecular weight excluding hydrogens is 459 g/mol. The Hall–Kier alpha value is -2.84. The van der Waals surface area contributed by atoms with Crippen LogP contribution in [0.1, 0.15) is 19.4 Å². The third kappa shape index (κ3) is 7.88. The number of ether oxygens (including phenoxy) is 1. The predicted octanol–water partition coefficient (Wildman–Crippen LogP) is 4.72. The second kappa shape index (κ2) is 12.6. The number of hydrogen-bond donors (Lipinski definition) is 2. The summed E-state index contributed by atoms with van der Waals surface area (Å²) in [5.74, 6) is -0.172. The number of carboxylic acid groups (broad SMARTS) is 1. The number of carbonyl (C=O) groups is 2. The zero-order valence-electron chi connectivity index (χ0n) is 19.2. The maximum atomic E-state index is 12.3. The third-order valence-electron chi connectivity index (χ3n) is 4.63. The average Bonchev–Trinajstić information content (AvgIpc) is 3.15. The van der Waals surface area contributed by atoms with Crippen LogP contribution < -0.4 is 12.9 Å². The van der Waals surface area contributed by atoms with Crippen LogP contribution in [0, 0.1) is 0 Å². The molecule has 1 heterocycles. The number of amides is 1. The van der Waals surface area contributed by atoms with Crippen molar-refractivity contribution < 1.29 is 19.4 Å². The van der Waals surface area contributed by atoms with Crippen LogP contribution >= 0.6 is 11.8 Å². The van der Waals surface area contributed by atoms with Crippen LogP contribution in [0.3, 0.4) is 0 Å². The van der Waals surface area contributed by atoms with Crippen molar-refractivity contribution in [3.8, 4) is 16.9 Å². The maximum absolute atomic E-state index is 12.3. The van der Waals surface area contributed by atoms with E-state index in [1.165, 1.54) is 14.6 Å². The van der Waals surface area contributed by atoms with Crippen molar-refractivity contribution in [3.63, 3.8) is 0 Å². The number of rotatable bonds is 5. The van der Waals surface area contributed by atoms with E-state index in [1.807, 2.05) is 61.5 Å². The molecule has 1 aliphatic heterocycles. The van der Waals surface area contributed by atoms with Crippen molar-refractivity contribution in [3.05, 3.63) is 83.3 Å². The molecular formula is C26H23N2NaO4S. The van der Waals surface area contributed by atoms with E-state index in [0.29, 0.717) is 16.7 Å². The van der Waals surface area contributed by atoms with E-state index >= 15 is 0 Å². The molecule has 1 aliphatic rings. The van der Waals surface area contributed by atoms with Gasteiger partial charge in [0.15, 0.2) is 0 Å². The molecule has 0 fully saturated rings. The van der Waals surface area contributed by atoms with E-state index < -0.39 is 5.97 Å². The van der Waals surface area contributed by atoms with Gasteiger partial charge in [0.2, 0.25) is 0 Å². The predicted molar refractivity (Wildman–Crippen MR) is 140 cm³/mol. The van der Waals surface area contributed by atoms with Gasteiger partial charge in [0.1, 0.15) is 5.75 Å². The van der Waals surface area contributed by atoms with Crippen LogP contribution in [0.15, 0.2) is 82.7 Å². The molecule has 168 valence electrons. The summed E-state index contributed by atoms with van der Waals surface area (Å²) in [5, 5.41) is 11.2. The number of thioether (sulfide) groups is 1. The minimum Gasteiger partial charge on any atom is -0.0507 e. The van der Waals surface area contributed by atoms with E-state index in [4.69, 9.17) is 14.6 Å². The first kappa shape index (κ1) is 25.8. The molecule has 3 aromatic rings. The number of carboxylic acids is 1. The summed E-state index contributed by atoms with van der Waals surface area (Å²) in [6.07, 6.45) is 1.88. The Morgan fingerprint density at radius 2 is 1.59 bits per heavy atom. The minimum atomic E-state index is -0.833. The summed E-state index contributed by atoms with van der Waals surface area (Å²) in [4.78, 5) is 26.0.